The number of unbranched alkanes of at least 4 members (excludes halogenated alkanes) is 48. The van der Waals surface area contributed by atoms with Gasteiger partial charge in [0.2, 0.25) is 0 Å². The molecule has 0 aromatic carbocycles. The molecular weight excluding hydrogens is 997 g/mol. The van der Waals surface area contributed by atoms with E-state index >= 15 is 0 Å². The van der Waals surface area contributed by atoms with Crippen LogP contribution in [0, 0.1) is 0 Å². The van der Waals surface area contributed by atoms with Gasteiger partial charge in [-0.3, -0.25) is 14.4 Å². The van der Waals surface area contributed by atoms with E-state index in [1.54, 1.807) is 0 Å². The smallest absolute Gasteiger partial charge is 0.306 e. The number of hydrogen-bond donors (Lipinski definition) is 0. The molecule has 0 radical (unpaired) electrons. The van der Waals surface area contributed by atoms with E-state index in [0.29, 0.717) is 19.3 Å². The molecule has 0 aliphatic heterocycles. The van der Waals surface area contributed by atoms with Crippen LogP contribution >= 0.6 is 0 Å². The summed E-state index contributed by atoms with van der Waals surface area (Å²) in [5.41, 5.74) is 0. The normalized spacial score (nSPS) is 12.3. The van der Waals surface area contributed by atoms with E-state index in [-0.39, 0.29) is 31.1 Å². The Kier molecular flexibility index (Phi) is 67.6. The summed E-state index contributed by atoms with van der Waals surface area (Å²) in [5.74, 6) is -0.896. The fourth-order valence-electron chi connectivity index (χ4n) is 11.0. The zero-order valence-electron chi connectivity index (χ0n) is 54.6. The van der Waals surface area contributed by atoms with Crippen LogP contribution in [0.5, 0.6) is 0 Å². The predicted octanol–water partition coefficient (Wildman–Crippen LogP) is 24.9. The summed E-state index contributed by atoms with van der Waals surface area (Å²) in [6.07, 6.45) is 88.8. The molecule has 0 saturated heterocycles. The average Bonchev–Trinajstić information content (AvgIpc) is 3.47. The molecule has 0 aliphatic rings. The number of hydrogen-bond acceptors (Lipinski definition) is 6. The molecule has 1 atom stereocenters. The molecule has 6 nitrogen and oxygen atoms in total. The number of carbonyl (C=O) groups is 3. The first kappa shape index (κ1) is 78.4. The highest BCUT2D eigenvalue weighted by Gasteiger charge is 2.19. The van der Waals surface area contributed by atoms with Crippen molar-refractivity contribution >= 4 is 17.9 Å². The van der Waals surface area contributed by atoms with E-state index in [0.717, 1.165) is 83.5 Å². The Hall–Kier alpha value is -2.63. The third-order valence-electron chi connectivity index (χ3n) is 16.3. The molecule has 0 spiro atoms. The molecular formula is C75H138O6. The van der Waals surface area contributed by atoms with Crippen molar-refractivity contribution in [2.75, 3.05) is 13.2 Å². The third-order valence-corrected chi connectivity index (χ3v) is 16.3. The quantitative estimate of drug-likeness (QED) is 0.0261. The lowest BCUT2D eigenvalue weighted by atomic mass is 10.0. The van der Waals surface area contributed by atoms with E-state index in [1.807, 2.05) is 0 Å². The first-order chi connectivity index (χ1) is 40.0. The molecule has 0 bridgehead atoms. The molecule has 0 aliphatic carbocycles. The van der Waals surface area contributed by atoms with Gasteiger partial charge in [-0.05, 0) is 57.8 Å². The maximum atomic E-state index is 13.0. The van der Waals surface area contributed by atoms with Crippen molar-refractivity contribution in [3.63, 3.8) is 0 Å². The van der Waals surface area contributed by atoms with Crippen LogP contribution in [0.2, 0.25) is 0 Å². The minimum absolute atomic E-state index is 0.0809. The third kappa shape index (κ3) is 68.0. The zero-order valence-corrected chi connectivity index (χ0v) is 54.6. The van der Waals surface area contributed by atoms with Gasteiger partial charge in [0.1, 0.15) is 13.2 Å². The lowest BCUT2D eigenvalue weighted by molar-refractivity contribution is -0.167. The standard InChI is InChI=1S/C75H138O6/c1-4-7-10-13-16-19-22-25-28-30-32-34-35-36-37-38-39-40-41-43-44-47-50-53-56-59-62-65-68-74(77)80-71-72(70-79-73(76)67-64-61-58-55-52-49-46-27-24-21-18-15-12-9-6-3)81-75(78)69-66-63-60-57-54-51-48-45-42-33-31-29-26-23-20-17-14-11-8-5-2/h9,12,18,21,27,46,52,55,72H,4-8,10-11,13-17,19-20,22-26,28-45,47-51,53-54,56-71H2,1-3H3/b12-9-,21-18-,46-27-,55-52-. The second-order valence-electron chi connectivity index (χ2n) is 24.5. The molecule has 474 valence electrons. The van der Waals surface area contributed by atoms with Gasteiger partial charge in [0.05, 0.1) is 0 Å². The van der Waals surface area contributed by atoms with Gasteiger partial charge in [0.25, 0.3) is 0 Å². The SMILES string of the molecule is CC/C=C\C/C=C\C/C=C\C/C=C\CCCCC(=O)OCC(COC(=O)CCCCCCCCCCCCCCCCCCCCCCCCCCCCCC)OC(=O)CCCCCCCCCCCCCCCCCCCCCC. The molecule has 0 amide bonds. The van der Waals surface area contributed by atoms with Crippen LogP contribution in [0.25, 0.3) is 0 Å². The Labute approximate surface area is 505 Å². The molecule has 0 aromatic heterocycles. The lowest BCUT2D eigenvalue weighted by Crippen LogP contribution is -2.30. The van der Waals surface area contributed by atoms with Crippen LogP contribution in [-0.2, 0) is 28.6 Å². The van der Waals surface area contributed by atoms with Crippen molar-refractivity contribution in [1.82, 2.24) is 0 Å². The van der Waals surface area contributed by atoms with E-state index in [4.69, 9.17) is 14.2 Å². The fourth-order valence-corrected chi connectivity index (χ4v) is 11.0. The number of allylic oxidation sites excluding steroid dienone is 8. The highest BCUT2D eigenvalue weighted by molar-refractivity contribution is 5.71. The van der Waals surface area contributed by atoms with E-state index in [2.05, 4.69) is 69.4 Å². The van der Waals surface area contributed by atoms with Crippen LogP contribution in [0.1, 0.15) is 393 Å². The number of esters is 3. The van der Waals surface area contributed by atoms with Gasteiger partial charge >= 0.3 is 17.9 Å². The Morgan fingerprint density at radius 1 is 0.259 bits per heavy atom. The number of rotatable bonds is 67. The van der Waals surface area contributed by atoms with Crippen LogP contribution in [-0.4, -0.2) is 37.2 Å². The Morgan fingerprint density at radius 3 is 0.753 bits per heavy atom. The second-order valence-corrected chi connectivity index (χ2v) is 24.5. The first-order valence-corrected chi connectivity index (χ1v) is 36.1. The van der Waals surface area contributed by atoms with E-state index in [9.17, 15) is 14.4 Å². The lowest BCUT2D eigenvalue weighted by Gasteiger charge is -2.18. The molecule has 81 heavy (non-hydrogen) atoms. The van der Waals surface area contributed by atoms with E-state index in [1.165, 1.54) is 270 Å². The van der Waals surface area contributed by atoms with E-state index < -0.39 is 6.10 Å². The van der Waals surface area contributed by atoms with Crippen molar-refractivity contribution < 1.29 is 28.6 Å². The van der Waals surface area contributed by atoms with Crippen molar-refractivity contribution in [2.45, 2.75) is 399 Å². The highest BCUT2D eigenvalue weighted by Crippen LogP contribution is 2.19. The van der Waals surface area contributed by atoms with Gasteiger partial charge < -0.3 is 14.2 Å². The van der Waals surface area contributed by atoms with Crippen molar-refractivity contribution in [1.29, 1.82) is 0 Å². The van der Waals surface area contributed by atoms with Crippen LogP contribution in [0.15, 0.2) is 48.6 Å². The minimum atomic E-state index is -0.788. The van der Waals surface area contributed by atoms with Crippen molar-refractivity contribution in [3.8, 4) is 0 Å². The molecule has 0 aromatic rings. The summed E-state index contributed by atoms with van der Waals surface area (Å²) in [6, 6.07) is 0. The van der Waals surface area contributed by atoms with Gasteiger partial charge in [-0.15, -0.1) is 0 Å². The van der Waals surface area contributed by atoms with Gasteiger partial charge in [0.15, 0.2) is 6.10 Å². The summed E-state index contributed by atoms with van der Waals surface area (Å²) in [4.78, 5) is 38.4. The van der Waals surface area contributed by atoms with Crippen LogP contribution in [0.3, 0.4) is 0 Å². The van der Waals surface area contributed by atoms with Gasteiger partial charge in [-0.2, -0.15) is 0 Å². The summed E-state index contributed by atoms with van der Waals surface area (Å²) in [7, 11) is 0. The largest absolute Gasteiger partial charge is 0.462 e. The number of carbonyl (C=O) groups excluding carboxylic acids is 3. The first-order valence-electron chi connectivity index (χ1n) is 36.1. The molecule has 0 N–H and O–H groups in total. The Bertz CT molecular complexity index is 1400. The van der Waals surface area contributed by atoms with Gasteiger partial charge in [0, 0.05) is 19.3 Å². The molecule has 1 unspecified atom stereocenters. The van der Waals surface area contributed by atoms with Crippen molar-refractivity contribution in [3.05, 3.63) is 48.6 Å². The minimum Gasteiger partial charge on any atom is -0.462 e. The topological polar surface area (TPSA) is 78.9 Å². The maximum absolute atomic E-state index is 13.0. The fraction of sp³-hybridized carbons (Fsp3) is 0.853. The summed E-state index contributed by atoms with van der Waals surface area (Å²) >= 11 is 0. The monoisotopic (exact) mass is 1140 g/mol. The maximum Gasteiger partial charge on any atom is 0.306 e. The summed E-state index contributed by atoms with van der Waals surface area (Å²) < 4.78 is 17.0. The Morgan fingerprint density at radius 2 is 0.481 bits per heavy atom. The predicted molar refractivity (Wildman–Crippen MR) is 353 cm³/mol. The zero-order chi connectivity index (χ0) is 58.5. The molecule has 0 rings (SSSR count). The van der Waals surface area contributed by atoms with Crippen LogP contribution < -0.4 is 0 Å². The van der Waals surface area contributed by atoms with Crippen LogP contribution in [0.4, 0.5) is 0 Å². The molecule has 0 heterocycles. The molecule has 6 heteroatoms. The van der Waals surface area contributed by atoms with Gasteiger partial charge in [-0.1, -0.05) is 365 Å². The summed E-state index contributed by atoms with van der Waals surface area (Å²) in [5, 5.41) is 0. The molecule has 0 saturated carbocycles. The van der Waals surface area contributed by atoms with Gasteiger partial charge in [-0.25, -0.2) is 0 Å². The Balaban J connectivity index is 4.24. The van der Waals surface area contributed by atoms with Crippen molar-refractivity contribution in [2.24, 2.45) is 0 Å². The average molecular weight is 1140 g/mol. The highest BCUT2D eigenvalue weighted by atomic mass is 16.6. The molecule has 0 fully saturated rings. The number of ether oxygens (including phenoxy) is 3. The second kappa shape index (κ2) is 69.9. The summed E-state index contributed by atoms with van der Waals surface area (Å²) in [6.45, 7) is 6.57.